The maximum atomic E-state index is 13.4. The first-order valence-corrected chi connectivity index (χ1v) is 12.3. The molecule has 0 atom stereocenters. The van der Waals surface area contributed by atoms with Gasteiger partial charge in [0, 0.05) is 29.6 Å². The van der Waals surface area contributed by atoms with Crippen molar-refractivity contribution in [3.8, 4) is 0 Å². The minimum atomic E-state index is -0.333. The molecule has 180 valence electrons. The normalized spacial score (nSPS) is 15.0. The van der Waals surface area contributed by atoms with Gasteiger partial charge in [-0.1, -0.05) is 41.9 Å². The molecule has 5 rings (SSSR count). The Morgan fingerprint density at radius 3 is 2.17 bits per heavy atom. The van der Waals surface area contributed by atoms with E-state index in [9.17, 15) is 14.0 Å². The number of rotatable bonds is 7. The summed E-state index contributed by atoms with van der Waals surface area (Å²) in [4.78, 5) is 28.5. The van der Waals surface area contributed by atoms with E-state index in [2.05, 4.69) is 4.90 Å². The molecular weight excluding hydrogens is 465 g/mol. The number of hydrogen-bond acceptors (Lipinski definition) is 3. The molecule has 0 N–H and O–H groups in total. The van der Waals surface area contributed by atoms with Crippen LogP contribution in [0.3, 0.4) is 0 Å². The van der Waals surface area contributed by atoms with Crippen molar-refractivity contribution in [2.24, 2.45) is 5.92 Å². The van der Waals surface area contributed by atoms with Crippen LogP contribution in [0.2, 0.25) is 5.02 Å². The first kappa shape index (κ1) is 23.5. The smallest absolute Gasteiger partial charge is 0.302 e. The number of piperidine rings is 1. The second kappa shape index (κ2) is 10.2. The van der Waals surface area contributed by atoms with Crippen molar-refractivity contribution in [3.05, 3.63) is 105 Å². The highest BCUT2D eigenvalue weighted by atomic mass is 35.5. The van der Waals surface area contributed by atoms with Gasteiger partial charge < -0.3 is 4.90 Å². The Kier molecular flexibility index (Phi) is 6.84. The number of imidazole rings is 1. The van der Waals surface area contributed by atoms with Gasteiger partial charge in [0.1, 0.15) is 5.82 Å². The van der Waals surface area contributed by atoms with Gasteiger partial charge in [-0.3, -0.25) is 13.9 Å². The first-order chi connectivity index (χ1) is 17.0. The molecule has 0 radical (unpaired) electrons. The molecule has 1 aliphatic rings. The third-order valence-electron chi connectivity index (χ3n) is 6.94. The Morgan fingerprint density at radius 2 is 1.49 bits per heavy atom. The lowest BCUT2D eigenvalue weighted by molar-refractivity contribution is 0.0837. The molecule has 0 aliphatic carbocycles. The summed E-state index contributed by atoms with van der Waals surface area (Å²) in [7, 11) is 0. The van der Waals surface area contributed by atoms with Gasteiger partial charge in [-0.25, -0.2) is 9.18 Å². The molecule has 1 saturated heterocycles. The minimum Gasteiger partial charge on any atom is -0.302 e. The molecule has 3 aromatic carbocycles. The van der Waals surface area contributed by atoms with Gasteiger partial charge >= 0.3 is 5.69 Å². The summed E-state index contributed by atoms with van der Waals surface area (Å²) < 4.78 is 16.8. The van der Waals surface area contributed by atoms with Crippen molar-refractivity contribution in [3.63, 3.8) is 0 Å². The largest absolute Gasteiger partial charge is 0.329 e. The Balaban J connectivity index is 1.27. The predicted octanol–water partition coefficient (Wildman–Crippen LogP) is 5.24. The number of carbonyl (C=O) groups is 1. The molecule has 4 aromatic rings. The van der Waals surface area contributed by atoms with Crippen molar-refractivity contribution in [1.29, 1.82) is 0 Å². The van der Waals surface area contributed by atoms with E-state index in [4.69, 9.17) is 11.6 Å². The second-order valence-electron chi connectivity index (χ2n) is 9.09. The average molecular weight is 492 g/mol. The van der Waals surface area contributed by atoms with E-state index in [1.807, 2.05) is 53.1 Å². The number of hydrogen-bond donors (Lipinski definition) is 0. The Hall–Kier alpha value is -3.22. The van der Waals surface area contributed by atoms with Gasteiger partial charge in [0.15, 0.2) is 5.78 Å². The minimum absolute atomic E-state index is 0.0445. The Bertz CT molecular complexity index is 1400. The van der Waals surface area contributed by atoms with Crippen LogP contribution >= 0.6 is 11.6 Å². The molecule has 0 amide bonds. The van der Waals surface area contributed by atoms with Crippen LogP contribution in [0.5, 0.6) is 0 Å². The van der Waals surface area contributed by atoms with Crippen LogP contribution in [-0.4, -0.2) is 39.5 Å². The number of ketones is 1. The third-order valence-corrected chi connectivity index (χ3v) is 7.31. The van der Waals surface area contributed by atoms with Gasteiger partial charge in [0.2, 0.25) is 0 Å². The quantitative estimate of drug-likeness (QED) is 0.332. The summed E-state index contributed by atoms with van der Waals surface area (Å²) in [5.41, 5.74) is 3.23. The molecule has 35 heavy (non-hydrogen) atoms. The fourth-order valence-corrected chi connectivity index (χ4v) is 5.14. The summed E-state index contributed by atoms with van der Waals surface area (Å²) in [5.74, 6) is -0.291. The molecule has 5 nitrogen and oxygen atoms in total. The third kappa shape index (κ3) is 4.95. The van der Waals surface area contributed by atoms with Crippen LogP contribution in [0.4, 0.5) is 4.39 Å². The van der Waals surface area contributed by atoms with Crippen LogP contribution in [0.25, 0.3) is 11.0 Å². The van der Waals surface area contributed by atoms with E-state index in [1.165, 1.54) is 12.1 Å². The number of aromatic nitrogens is 2. The monoisotopic (exact) mass is 491 g/mol. The fraction of sp³-hybridized carbons (Fsp3) is 0.286. The number of fused-ring (bicyclic) bond motifs is 1. The van der Waals surface area contributed by atoms with Crippen molar-refractivity contribution in [1.82, 2.24) is 14.0 Å². The van der Waals surface area contributed by atoms with Gasteiger partial charge in [-0.05, 0) is 74.0 Å². The maximum Gasteiger partial charge on any atom is 0.329 e. The summed E-state index contributed by atoms with van der Waals surface area (Å²) in [5, 5.41) is 0.647. The van der Waals surface area contributed by atoms with E-state index < -0.39 is 0 Å². The standard InChI is InChI=1S/C28H27ClFN3O2/c29-24-6-2-1-5-22(24)19-33-26-8-4-3-7-25(26)32(28(33)35)18-17-31-15-13-21(14-16-31)27(34)20-9-11-23(30)12-10-20/h1-12,21H,13-19H2. The zero-order valence-corrected chi connectivity index (χ0v) is 20.1. The zero-order valence-electron chi connectivity index (χ0n) is 19.4. The highest BCUT2D eigenvalue weighted by Crippen LogP contribution is 2.23. The molecule has 2 heterocycles. The lowest BCUT2D eigenvalue weighted by Crippen LogP contribution is -2.39. The fourth-order valence-electron chi connectivity index (χ4n) is 4.95. The average Bonchev–Trinajstić information content (AvgIpc) is 3.15. The molecule has 0 spiro atoms. The first-order valence-electron chi connectivity index (χ1n) is 11.9. The molecule has 0 bridgehead atoms. The van der Waals surface area contributed by atoms with Crippen molar-refractivity contribution >= 4 is 28.4 Å². The van der Waals surface area contributed by atoms with E-state index in [0.29, 0.717) is 23.7 Å². The number of para-hydroxylation sites is 2. The van der Waals surface area contributed by atoms with E-state index in [0.717, 1.165) is 49.1 Å². The highest BCUT2D eigenvalue weighted by molar-refractivity contribution is 6.31. The Morgan fingerprint density at radius 1 is 0.857 bits per heavy atom. The zero-order chi connectivity index (χ0) is 24.4. The molecule has 0 saturated carbocycles. The van der Waals surface area contributed by atoms with Crippen LogP contribution in [0.15, 0.2) is 77.6 Å². The number of nitrogens with zero attached hydrogens (tertiary/aromatic N) is 3. The van der Waals surface area contributed by atoms with Gasteiger partial charge in [-0.2, -0.15) is 0 Å². The lowest BCUT2D eigenvalue weighted by atomic mass is 9.89. The molecule has 1 aliphatic heterocycles. The van der Waals surface area contributed by atoms with E-state index in [1.54, 1.807) is 16.7 Å². The Labute approximate surface area is 208 Å². The molecule has 0 unspecified atom stereocenters. The van der Waals surface area contributed by atoms with Crippen LogP contribution < -0.4 is 5.69 Å². The van der Waals surface area contributed by atoms with Crippen molar-refractivity contribution in [2.45, 2.75) is 25.9 Å². The number of likely N-dealkylation sites (tertiary alicyclic amines) is 1. The summed E-state index contributed by atoms with van der Waals surface area (Å²) >= 11 is 6.36. The number of carbonyl (C=O) groups excluding carboxylic acids is 1. The van der Waals surface area contributed by atoms with E-state index in [-0.39, 0.29) is 23.2 Å². The summed E-state index contributed by atoms with van der Waals surface area (Å²) in [6.07, 6.45) is 1.53. The molecule has 1 aromatic heterocycles. The SMILES string of the molecule is O=C(c1ccc(F)cc1)C1CCN(CCn2c(=O)n(Cc3ccccc3Cl)c3ccccc32)CC1. The summed E-state index contributed by atoms with van der Waals surface area (Å²) in [6.45, 7) is 3.32. The number of Topliss-reactive ketones (excluding diaryl/α,β-unsaturated/α-hetero) is 1. The highest BCUT2D eigenvalue weighted by Gasteiger charge is 2.26. The topological polar surface area (TPSA) is 47.2 Å². The van der Waals surface area contributed by atoms with Crippen LogP contribution in [0.1, 0.15) is 28.8 Å². The molecule has 7 heteroatoms. The van der Waals surface area contributed by atoms with Crippen LogP contribution in [0, 0.1) is 11.7 Å². The maximum absolute atomic E-state index is 13.4. The molecular formula is C28H27ClFN3O2. The van der Waals surface area contributed by atoms with Crippen LogP contribution in [-0.2, 0) is 13.1 Å². The number of benzene rings is 3. The molecule has 1 fully saturated rings. The van der Waals surface area contributed by atoms with Crippen molar-refractivity contribution < 1.29 is 9.18 Å². The van der Waals surface area contributed by atoms with Crippen molar-refractivity contribution in [2.75, 3.05) is 19.6 Å². The predicted molar refractivity (Wildman–Crippen MR) is 137 cm³/mol. The van der Waals surface area contributed by atoms with E-state index >= 15 is 0 Å². The van der Waals surface area contributed by atoms with Gasteiger partial charge in [-0.15, -0.1) is 0 Å². The van der Waals surface area contributed by atoms with Gasteiger partial charge in [0.25, 0.3) is 0 Å². The summed E-state index contributed by atoms with van der Waals surface area (Å²) in [6, 6.07) is 21.2. The number of halogens is 2. The van der Waals surface area contributed by atoms with Gasteiger partial charge in [0.05, 0.1) is 17.6 Å². The lowest BCUT2D eigenvalue weighted by Gasteiger charge is -2.31. The second-order valence-corrected chi connectivity index (χ2v) is 9.49.